The number of amides is 2. The van der Waals surface area contributed by atoms with Crippen LogP contribution in [0, 0.1) is 0 Å². The normalized spacial score (nSPS) is 11.5. The Bertz CT molecular complexity index is 730. The van der Waals surface area contributed by atoms with Crippen LogP contribution in [0.3, 0.4) is 0 Å². The van der Waals surface area contributed by atoms with Crippen molar-refractivity contribution in [2.45, 2.75) is 39.3 Å². The average molecular weight is 375 g/mol. The minimum atomic E-state index is -0.294. The number of carbonyl (C=O) groups excluding carboxylic acids is 2. The van der Waals surface area contributed by atoms with Crippen molar-refractivity contribution < 1.29 is 14.3 Å². The summed E-state index contributed by atoms with van der Waals surface area (Å²) in [4.78, 5) is 23.5. The van der Waals surface area contributed by atoms with Crippen molar-refractivity contribution in [1.29, 1.82) is 0 Å². The molecule has 1 unspecified atom stereocenters. The van der Waals surface area contributed by atoms with Crippen LogP contribution in [-0.2, 0) is 16.1 Å². The SMILES string of the molecule is CCC(=O)OC(CC)c1ccc(NC(=O)NCc2ccc(Cl)cc2)cc1. The molecule has 2 aromatic rings. The highest BCUT2D eigenvalue weighted by Crippen LogP contribution is 2.23. The maximum atomic E-state index is 12.0. The van der Waals surface area contributed by atoms with Crippen LogP contribution in [0.4, 0.5) is 10.5 Å². The van der Waals surface area contributed by atoms with Crippen LogP contribution in [0.2, 0.25) is 5.02 Å². The molecule has 6 heteroatoms. The monoisotopic (exact) mass is 374 g/mol. The third-order valence-electron chi connectivity index (χ3n) is 3.84. The van der Waals surface area contributed by atoms with E-state index in [1.807, 2.05) is 31.2 Å². The highest BCUT2D eigenvalue weighted by Gasteiger charge is 2.13. The molecule has 0 saturated carbocycles. The molecule has 0 aliphatic heterocycles. The lowest BCUT2D eigenvalue weighted by molar-refractivity contribution is -0.149. The average Bonchev–Trinajstić information content (AvgIpc) is 2.66. The zero-order chi connectivity index (χ0) is 18.9. The second-order valence-corrected chi connectivity index (χ2v) is 6.23. The molecule has 0 fully saturated rings. The first-order chi connectivity index (χ1) is 12.5. The number of hydrogen-bond donors (Lipinski definition) is 2. The number of halogens is 1. The van der Waals surface area contributed by atoms with Crippen molar-refractivity contribution in [3.05, 3.63) is 64.7 Å². The number of esters is 1. The van der Waals surface area contributed by atoms with E-state index < -0.39 is 0 Å². The second-order valence-electron chi connectivity index (χ2n) is 5.80. The Kier molecular flexibility index (Phi) is 7.48. The minimum absolute atomic E-state index is 0.222. The molecule has 1 atom stereocenters. The predicted molar refractivity (Wildman–Crippen MR) is 103 cm³/mol. The van der Waals surface area contributed by atoms with Crippen LogP contribution in [0.25, 0.3) is 0 Å². The van der Waals surface area contributed by atoms with Crippen molar-refractivity contribution in [1.82, 2.24) is 5.32 Å². The summed E-state index contributed by atoms with van der Waals surface area (Å²) < 4.78 is 5.40. The molecule has 26 heavy (non-hydrogen) atoms. The number of hydrogen-bond acceptors (Lipinski definition) is 3. The number of nitrogens with one attached hydrogen (secondary N) is 2. The molecule has 0 heterocycles. The zero-order valence-corrected chi connectivity index (χ0v) is 15.7. The van der Waals surface area contributed by atoms with Crippen molar-refractivity contribution in [2.75, 3.05) is 5.32 Å². The van der Waals surface area contributed by atoms with Gasteiger partial charge < -0.3 is 15.4 Å². The lowest BCUT2D eigenvalue weighted by Crippen LogP contribution is -2.28. The van der Waals surface area contributed by atoms with Gasteiger partial charge in [0.25, 0.3) is 0 Å². The van der Waals surface area contributed by atoms with Gasteiger partial charge in [-0.05, 0) is 41.8 Å². The van der Waals surface area contributed by atoms with Crippen LogP contribution in [0.5, 0.6) is 0 Å². The summed E-state index contributed by atoms with van der Waals surface area (Å²) in [5.74, 6) is -0.222. The van der Waals surface area contributed by atoms with Crippen LogP contribution >= 0.6 is 11.6 Å². The van der Waals surface area contributed by atoms with Gasteiger partial charge in [-0.25, -0.2) is 4.79 Å². The van der Waals surface area contributed by atoms with Gasteiger partial charge in [0.05, 0.1) is 0 Å². The van der Waals surface area contributed by atoms with E-state index in [0.29, 0.717) is 30.1 Å². The number of benzene rings is 2. The van der Waals surface area contributed by atoms with Crippen molar-refractivity contribution in [2.24, 2.45) is 0 Å². The summed E-state index contributed by atoms with van der Waals surface area (Å²) >= 11 is 5.84. The van der Waals surface area contributed by atoms with Gasteiger partial charge in [-0.15, -0.1) is 0 Å². The van der Waals surface area contributed by atoms with E-state index in [-0.39, 0.29) is 18.1 Å². The molecule has 2 rings (SSSR count). The fourth-order valence-corrected chi connectivity index (χ4v) is 2.50. The van der Waals surface area contributed by atoms with Crippen LogP contribution < -0.4 is 10.6 Å². The number of anilines is 1. The molecule has 2 amide bonds. The van der Waals surface area contributed by atoms with Crippen LogP contribution in [0.15, 0.2) is 48.5 Å². The molecular weight excluding hydrogens is 352 g/mol. The highest BCUT2D eigenvalue weighted by molar-refractivity contribution is 6.30. The maximum absolute atomic E-state index is 12.0. The van der Waals surface area contributed by atoms with E-state index in [9.17, 15) is 9.59 Å². The molecule has 0 saturated heterocycles. The molecule has 138 valence electrons. The van der Waals surface area contributed by atoms with E-state index >= 15 is 0 Å². The lowest BCUT2D eigenvalue weighted by Gasteiger charge is -2.16. The maximum Gasteiger partial charge on any atom is 0.319 e. The topological polar surface area (TPSA) is 67.4 Å². The van der Waals surface area contributed by atoms with E-state index in [1.54, 1.807) is 31.2 Å². The fourth-order valence-electron chi connectivity index (χ4n) is 2.37. The minimum Gasteiger partial charge on any atom is -0.457 e. The summed E-state index contributed by atoms with van der Waals surface area (Å²) in [5.41, 5.74) is 2.53. The Balaban J connectivity index is 1.88. The molecule has 2 aromatic carbocycles. The van der Waals surface area contributed by atoms with Gasteiger partial charge in [0, 0.05) is 23.7 Å². The van der Waals surface area contributed by atoms with Crippen molar-refractivity contribution in [3.63, 3.8) is 0 Å². The predicted octanol–water partition coefficient (Wildman–Crippen LogP) is 5.07. The Labute approximate surface area is 158 Å². The summed E-state index contributed by atoms with van der Waals surface area (Å²) in [6.45, 7) is 4.14. The van der Waals surface area contributed by atoms with Crippen LogP contribution in [0.1, 0.15) is 43.9 Å². The van der Waals surface area contributed by atoms with Gasteiger partial charge >= 0.3 is 12.0 Å². The van der Waals surface area contributed by atoms with Crippen LogP contribution in [-0.4, -0.2) is 12.0 Å². The second kappa shape index (κ2) is 9.82. The first-order valence-corrected chi connectivity index (χ1v) is 8.98. The highest BCUT2D eigenvalue weighted by atomic mass is 35.5. The van der Waals surface area contributed by atoms with Gasteiger partial charge in [-0.1, -0.05) is 49.7 Å². The van der Waals surface area contributed by atoms with Gasteiger partial charge in [-0.2, -0.15) is 0 Å². The Hall–Kier alpha value is -2.53. The molecule has 5 nitrogen and oxygen atoms in total. The summed E-state index contributed by atoms with van der Waals surface area (Å²) in [7, 11) is 0. The van der Waals surface area contributed by atoms with E-state index in [4.69, 9.17) is 16.3 Å². The summed E-state index contributed by atoms with van der Waals surface area (Å²) in [6, 6.07) is 14.3. The van der Waals surface area contributed by atoms with E-state index in [0.717, 1.165) is 11.1 Å². The Morgan fingerprint density at radius 2 is 1.69 bits per heavy atom. The number of urea groups is 1. The summed E-state index contributed by atoms with van der Waals surface area (Å²) in [6.07, 6.45) is 0.777. The largest absolute Gasteiger partial charge is 0.457 e. The molecule has 2 N–H and O–H groups in total. The smallest absolute Gasteiger partial charge is 0.319 e. The van der Waals surface area contributed by atoms with Gasteiger partial charge in [0.1, 0.15) is 6.10 Å². The standard InChI is InChI=1S/C20H23ClN2O3/c1-3-18(26-19(24)4-2)15-7-11-17(12-8-15)23-20(25)22-13-14-5-9-16(21)10-6-14/h5-12,18H,3-4,13H2,1-2H3,(H2,22,23,25). The van der Waals surface area contributed by atoms with E-state index in [2.05, 4.69) is 10.6 Å². The van der Waals surface area contributed by atoms with Gasteiger partial charge in [-0.3, -0.25) is 4.79 Å². The van der Waals surface area contributed by atoms with Gasteiger partial charge in [0.15, 0.2) is 0 Å². The first-order valence-electron chi connectivity index (χ1n) is 8.60. The Morgan fingerprint density at radius 3 is 2.27 bits per heavy atom. The quantitative estimate of drug-likeness (QED) is 0.665. The number of rotatable bonds is 7. The third-order valence-corrected chi connectivity index (χ3v) is 4.09. The molecule has 0 aromatic heterocycles. The molecule has 0 aliphatic carbocycles. The van der Waals surface area contributed by atoms with Gasteiger partial charge in [0.2, 0.25) is 0 Å². The molecule has 0 radical (unpaired) electrons. The third kappa shape index (κ3) is 6.08. The molecular formula is C20H23ClN2O3. The fraction of sp³-hybridized carbons (Fsp3) is 0.300. The first kappa shape index (κ1) is 19.8. The zero-order valence-electron chi connectivity index (χ0n) is 14.9. The molecule has 0 aliphatic rings. The molecule has 0 bridgehead atoms. The van der Waals surface area contributed by atoms with Crippen molar-refractivity contribution in [3.8, 4) is 0 Å². The van der Waals surface area contributed by atoms with Crippen molar-refractivity contribution >= 4 is 29.3 Å². The molecule has 0 spiro atoms. The van der Waals surface area contributed by atoms with E-state index in [1.165, 1.54) is 0 Å². The number of ether oxygens (including phenoxy) is 1. The Morgan fingerprint density at radius 1 is 1.04 bits per heavy atom. The summed E-state index contributed by atoms with van der Waals surface area (Å²) in [5, 5.41) is 6.22. The lowest BCUT2D eigenvalue weighted by atomic mass is 10.1. The number of carbonyl (C=O) groups is 2.